The third-order valence-electron chi connectivity index (χ3n) is 2.55. The lowest BCUT2D eigenvalue weighted by atomic mass is 10.1. The Morgan fingerprint density at radius 1 is 1.23 bits per heavy atom. The van der Waals surface area contributed by atoms with Gasteiger partial charge in [0.05, 0.1) is 5.76 Å². The Morgan fingerprint density at radius 3 is 2.54 bits per heavy atom. The van der Waals surface area contributed by atoms with Crippen molar-refractivity contribution in [2.24, 2.45) is 0 Å². The number of unbranched alkanes of at least 4 members (excludes halogenated alkanes) is 3. The van der Waals surface area contributed by atoms with Crippen molar-refractivity contribution in [3.8, 4) is 0 Å². The van der Waals surface area contributed by atoms with Gasteiger partial charge in [-0.15, -0.1) is 0 Å². The molecule has 0 aromatic rings. The molecule has 0 radical (unpaired) electrons. The van der Waals surface area contributed by atoms with Crippen molar-refractivity contribution < 1.29 is 9.90 Å². The number of allylic oxidation sites excluding steroid dienone is 2. The monoisotopic (exact) mass is 182 g/mol. The fraction of sp³-hybridized carbons (Fsp3) is 0.727. The van der Waals surface area contributed by atoms with Crippen LogP contribution in [0.3, 0.4) is 0 Å². The van der Waals surface area contributed by atoms with Crippen LogP contribution in [0.1, 0.15) is 51.9 Å². The highest BCUT2D eigenvalue weighted by atomic mass is 16.3. The molecule has 1 aliphatic rings. The van der Waals surface area contributed by atoms with Crippen molar-refractivity contribution in [3.63, 3.8) is 0 Å². The molecule has 1 rings (SSSR count). The zero-order valence-corrected chi connectivity index (χ0v) is 8.31. The van der Waals surface area contributed by atoms with Gasteiger partial charge in [-0.05, 0) is 12.8 Å². The van der Waals surface area contributed by atoms with Gasteiger partial charge in [-0.3, -0.25) is 4.79 Å². The molecule has 0 atom stereocenters. The number of carbonyl (C=O) groups excluding carboxylic acids is 1. The fourth-order valence-electron chi connectivity index (χ4n) is 1.71. The number of Topliss-reactive ketones (excluding diaryl/α,β-unsaturated/α-hetero) is 1. The molecular formula is C11H18O2. The number of ketones is 1. The lowest BCUT2D eigenvalue weighted by molar-refractivity contribution is -0.115. The summed E-state index contributed by atoms with van der Waals surface area (Å²) in [5, 5.41) is 9.37. The molecule has 0 aromatic carbocycles. The van der Waals surface area contributed by atoms with Gasteiger partial charge in [0.1, 0.15) is 0 Å². The van der Waals surface area contributed by atoms with Crippen molar-refractivity contribution in [1.29, 1.82) is 0 Å². The van der Waals surface area contributed by atoms with Crippen molar-refractivity contribution in [2.45, 2.75) is 51.9 Å². The molecule has 0 aromatic heterocycles. The smallest absolute Gasteiger partial charge is 0.162 e. The zero-order chi connectivity index (χ0) is 9.68. The fourth-order valence-corrected chi connectivity index (χ4v) is 1.71. The molecule has 0 fully saturated rings. The van der Waals surface area contributed by atoms with Crippen LogP contribution in [0.5, 0.6) is 0 Å². The highest BCUT2D eigenvalue weighted by molar-refractivity contribution is 5.98. The van der Waals surface area contributed by atoms with Crippen molar-refractivity contribution in [2.75, 3.05) is 0 Å². The molecule has 0 saturated heterocycles. The number of rotatable bonds is 5. The quantitative estimate of drug-likeness (QED) is 0.663. The van der Waals surface area contributed by atoms with E-state index < -0.39 is 0 Å². The van der Waals surface area contributed by atoms with Crippen LogP contribution in [0, 0.1) is 0 Å². The lowest BCUT2D eigenvalue weighted by Crippen LogP contribution is -1.96. The summed E-state index contributed by atoms with van der Waals surface area (Å²) in [6, 6.07) is 0. The second-order valence-corrected chi connectivity index (χ2v) is 3.66. The molecule has 2 nitrogen and oxygen atoms in total. The van der Waals surface area contributed by atoms with Gasteiger partial charge in [-0.1, -0.05) is 26.2 Å². The first-order chi connectivity index (χ1) is 6.25. The van der Waals surface area contributed by atoms with Crippen LogP contribution in [0.15, 0.2) is 11.3 Å². The molecular weight excluding hydrogens is 164 g/mol. The summed E-state index contributed by atoms with van der Waals surface area (Å²) in [5.41, 5.74) is 0.705. The predicted octanol–water partition coefficient (Wildman–Crippen LogP) is 3.13. The van der Waals surface area contributed by atoms with Gasteiger partial charge in [0.2, 0.25) is 0 Å². The molecule has 1 N–H and O–H groups in total. The summed E-state index contributed by atoms with van der Waals surface area (Å²) in [6.07, 6.45) is 6.52. The molecule has 0 unspecified atom stereocenters. The van der Waals surface area contributed by atoms with Crippen LogP contribution in [-0.2, 0) is 4.79 Å². The maximum atomic E-state index is 11.2. The summed E-state index contributed by atoms with van der Waals surface area (Å²) in [7, 11) is 0. The number of aliphatic hydroxyl groups excluding tert-OH is 1. The molecule has 2 heteroatoms. The Kier molecular flexibility index (Phi) is 4.00. The second kappa shape index (κ2) is 5.05. The minimum absolute atomic E-state index is 0.161. The highest BCUT2D eigenvalue weighted by Gasteiger charge is 2.21. The Morgan fingerprint density at radius 2 is 2.00 bits per heavy atom. The van der Waals surface area contributed by atoms with Crippen LogP contribution in [0.2, 0.25) is 0 Å². The van der Waals surface area contributed by atoms with Gasteiger partial charge in [-0.25, -0.2) is 0 Å². The standard InChI is InChI=1S/C11H18O2/c1-2-3-4-5-6-9-10(12)7-8-11(9)13/h12H,2-8H2,1H3. The van der Waals surface area contributed by atoms with E-state index in [0.717, 1.165) is 12.8 Å². The normalized spacial score (nSPS) is 17.2. The van der Waals surface area contributed by atoms with Gasteiger partial charge >= 0.3 is 0 Å². The van der Waals surface area contributed by atoms with E-state index in [1.807, 2.05) is 0 Å². The van der Waals surface area contributed by atoms with Gasteiger partial charge in [0.15, 0.2) is 5.78 Å². The first kappa shape index (κ1) is 10.3. The number of hydrogen-bond donors (Lipinski definition) is 1. The Bertz CT molecular complexity index is 216. The first-order valence-corrected chi connectivity index (χ1v) is 5.20. The molecule has 0 amide bonds. The summed E-state index contributed by atoms with van der Waals surface area (Å²) < 4.78 is 0. The van der Waals surface area contributed by atoms with Gasteiger partial charge in [0.25, 0.3) is 0 Å². The third kappa shape index (κ3) is 2.87. The second-order valence-electron chi connectivity index (χ2n) is 3.66. The Labute approximate surface area is 79.6 Å². The maximum absolute atomic E-state index is 11.2. The SMILES string of the molecule is CCCCCCC1=C(O)CCC1=O. The summed E-state index contributed by atoms with van der Waals surface area (Å²) in [4.78, 5) is 11.2. The average molecular weight is 182 g/mol. The van der Waals surface area contributed by atoms with Crippen LogP contribution >= 0.6 is 0 Å². The van der Waals surface area contributed by atoms with Crippen molar-refractivity contribution in [3.05, 3.63) is 11.3 Å². The predicted molar refractivity (Wildman–Crippen MR) is 52.7 cm³/mol. The lowest BCUT2D eigenvalue weighted by Gasteiger charge is -2.00. The summed E-state index contributed by atoms with van der Waals surface area (Å²) in [6.45, 7) is 2.16. The third-order valence-corrected chi connectivity index (χ3v) is 2.55. The van der Waals surface area contributed by atoms with E-state index in [1.54, 1.807) is 0 Å². The molecule has 0 spiro atoms. The van der Waals surface area contributed by atoms with Crippen LogP contribution in [-0.4, -0.2) is 10.9 Å². The van der Waals surface area contributed by atoms with Gasteiger partial charge in [0, 0.05) is 18.4 Å². The van der Waals surface area contributed by atoms with Gasteiger partial charge < -0.3 is 5.11 Å². The molecule has 0 heterocycles. The number of aliphatic hydroxyl groups is 1. The summed E-state index contributed by atoms with van der Waals surface area (Å²) in [5.74, 6) is 0.510. The average Bonchev–Trinajstić information content (AvgIpc) is 2.42. The first-order valence-electron chi connectivity index (χ1n) is 5.20. The largest absolute Gasteiger partial charge is 0.512 e. The topological polar surface area (TPSA) is 37.3 Å². The van der Waals surface area contributed by atoms with Crippen LogP contribution in [0.25, 0.3) is 0 Å². The minimum atomic E-state index is 0.161. The van der Waals surface area contributed by atoms with E-state index in [-0.39, 0.29) is 5.78 Å². The van der Waals surface area contributed by atoms with Crippen molar-refractivity contribution in [1.82, 2.24) is 0 Å². The number of carbonyl (C=O) groups is 1. The highest BCUT2D eigenvalue weighted by Crippen LogP contribution is 2.25. The van der Waals surface area contributed by atoms with E-state index in [4.69, 9.17) is 0 Å². The summed E-state index contributed by atoms with van der Waals surface area (Å²) >= 11 is 0. The Hall–Kier alpha value is -0.790. The van der Waals surface area contributed by atoms with E-state index in [9.17, 15) is 9.90 Å². The molecule has 0 saturated carbocycles. The van der Waals surface area contributed by atoms with Gasteiger partial charge in [-0.2, -0.15) is 0 Å². The molecule has 1 aliphatic carbocycles. The van der Waals surface area contributed by atoms with E-state index in [0.29, 0.717) is 24.2 Å². The van der Waals surface area contributed by atoms with Crippen molar-refractivity contribution >= 4 is 5.78 Å². The molecule has 74 valence electrons. The number of hydrogen-bond acceptors (Lipinski definition) is 2. The zero-order valence-electron chi connectivity index (χ0n) is 8.31. The molecule has 0 aliphatic heterocycles. The molecule has 0 bridgehead atoms. The molecule has 13 heavy (non-hydrogen) atoms. The minimum Gasteiger partial charge on any atom is -0.512 e. The maximum Gasteiger partial charge on any atom is 0.162 e. The Balaban J connectivity index is 2.27. The van der Waals surface area contributed by atoms with Crippen LogP contribution < -0.4 is 0 Å². The van der Waals surface area contributed by atoms with E-state index in [2.05, 4.69) is 6.92 Å². The van der Waals surface area contributed by atoms with E-state index >= 15 is 0 Å². The van der Waals surface area contributed by atoms with Crippen LogP contribution in [0.4, 0.5) is 0 Å². The van der Waals surface area contributed by atoms with E-state index in [1.165, 1.54) is 19.3 Å².